The van der Waals surface area contributed by atoms with Crippen molar-refractivity contribution in [2.45, 2.75) is 45.2 Å². The minimum Gasteiger partial charge on any atom is -0.346 e. The van der Waals surface area contributed by atoms with Gasteiger partial charge in [0.05, 0.1) is 0 Å². The Kier molecular flexibility index (Phi) is 5.56. The van der Waals surface area contributed by atoms with Gasteiger partial charge < -0.3 is 10.3 Å². The number of nitrogens with zero attached hydrogens (tertiary/aromatic N) is 2. The number of sulfonamides is 1. The fourth-order valence-corrected chi connectivity index (χ4v) is 3.66. The summed E-state index contributed by atoms with van der Waals surface area (Å²) in [6.07, 6.45) is 1.67. The van der Waals surface area contributed by atoms with Crippen LogP contribution < -0.4 is 5.73 Å². The Morgan fingerprint density at radius 1 is 1.50 bits per heavy atom. The van der Waals surface area contributed by atoms with E-state index in [9.17, 15) is 8.42 Å². The predicted octanol–water partition coefficient (Wildman–Crippen LogP) is 2.11. The van der Waals surface area contributed by atoms with E-state index < -0.39 is 10.0 Å². The van der Waals surface area contributed by atoms with E-state index >= 15 is 0 Å². The first kappa shape index (κ1) is 16.9. The highest BCUT2D eigenvalue weighted by Gasteiger charge is 2.25. The largest absolute Gasteiger partial charge is 0.346 e. The van der Waals surface area contributed by atoms with E-state index in [2.05, 4.69) is 6.58 Å². The standard InChI is InChI=1S/C14H25N3O2S/c1-6-16(9-11(2)3)20(18,19)14-7-13(8-15)17(10-14)12(4)5/h7,10,12H,2,6,8-9,15H2,1,3-5H3. The van der Waals surface area contributed by atoms with Crippen molar-refractivity contribution < 1.29 is 8.42 Å². The number of rotatable bonds is 7. The first-order valence-corrected chi connectivity index (χ1v) is 8.23. The summed E-state index contributed by atoms with van der Waals surface area (Å²) in [6, 6.07) is 1.84. The van der Waals surface area contributed by atoms with Gasteiger partial charge in [-0.1, -0.05) is 19.1 Å². The summed E-state index contributed by atoms with van der Waals surface area (Å²) < 4.78 is 28.6. The molecule has 0 fully saturated rings. The van der Waals surface area contributed by atoms with Crippen molar-refractivity contribution in [1.82, 2.24) is 8.87 Å². The Bertz CT molecular complexity index is 573. The Hall–Kier alpha value is -1.11. The molecule has 0 spiro atoms. The zero-order chi connectivity index (χ0) is 15.5. The molecule has 0 aromatic carbocycles. The first-order valence-electron chi connectivity index (χ1n) is 6.79. The van der Waals surface area contributed by atoms with Gasteiger partial charge in [0.1, 0.15) is 4.90 Å². The van der Waals surface area contributed by atoms with Crippen LogP contribution in [0.3, 0.4) is 0 Å². The number of likely N-dealkylation sites (N-methyl/N-ethyl adjacent to an activating group) is 1. The van der Waals surface area contributed by atoms with Crippen molar-refractivity contribution in [2.24, 2.45) is 5.73 Å². The summed E-state index contributed by atoms with van der Waals surface area (Å²) in [6.45, 7) is 12.5. The van der Waals surface area contributed by atoms with E-state index in [4.69, 9.17) is 5.73 Å². The first-order chi connectivity index (χ1) is 9.23. The van der Waals surface area contributed by atoms with Gasteiger partial charge in [0.2, 0.25) is 10.0 Å². The summed E-state index contributed by atoms with van der Waals surface area (Å²) in [4.78, 5) is 0.301. The van der Waals surface area contributed by atoms with Crippen molar-refractivity contribution >= 4 is 10.0 Å². The molecular formula is C14H25N3O2S. The number of hydrogen-bond donors (Lipinski definition) is 1. The summed E-state index contributed by atoms with van der Waals surface area (Å²) in [5, 5.41) is 0. The summed E-state index contributed by atoms with van der Waals surface area (Å²) in [5.74, 6) is 0. The van der Waals surface area contributed by atoms with Crippen LogP contribution in [0.5, 0.6) is 0 Å². The average Bonchev–Trinajstić information content (AvgIpc) is 2.80. The van der Waals surface area contributed by atoms with Gasteiger partial charge in [0.25, 0.3) is 0 Å². The Balaban J connectivity index is 3.24. The molecule has 2 N–H and O–H groups in total. The van der Waals surface area contributed by atoms with Gasteiger partial charge in [-0.15, -0.1) is 0 Å². The van der Waals surface area contributed by atoms with Crippen LogP contribution in [0.15, 0.2) is 29.3 Å². The molecule has 5 nitrogen and oxygen atoms in total. The molecule has 20 heavy (non-hydrogen) atoms. The van der Waals surface area contributed by atoms with Crippen LogP contribution in [-0.2, 0) is 16.6 Å². The lowest BCUT2D eigenvalue weighted by Gasteiger charge is -2.19. The lowest BCUT2D eigenvalue weighted by Crippen LogP contribution is -2.32. The fraction of sp³-hybridized carbons (Fsp3) is 0.571. The monoisotopic (exact) mass is 299 g/mol. The molecule has 0 saturated heterocycles. The molecule has 1 rings (SSSR count). The third-order valence-corrected chi connectivity index (χ3v) is 5.00. The van der Waals surface area contributed by atoms with E-state index in [0.717, 1.165) is 11.3 Å². The lowest BCUT2D eigenvalue weighted by molar-refractivity contribution is 0.452. The van der Waals surface area contributed by atoms with Crippen LogP contribution in [0, 0.1) is 0 Å². The minimum absolute atomic E-state index is 0.175. The van der Waals surface area contributed by atoms with Gasteiger partial charge in [-0.25, -0.2) is 8.42 Å². The molecule has 6 heteroatoms. The van der Waals surface area contributed by atoms with Gasteiger partial charge in [-0.2, -0.15) is 4.31 Å². The quantitative estimate of drug-likeness (QED) is 0.784. The summed E-state index contributed by atoms with van der Waals surface area (Å²) >= 11 is 0. The fourth-order valence-electron chi connectivity index (χ4n) is 2.10. The Labute approximate surface area is 122 Å². The predicted molar refractivity (Wildman–Crippen MR) is 82.0 cm³/mol. The molecule has 1 heterocycles. The van der Waals surface area contributed by atoms with Crippen molar-refractivity contribution in [1.29, 1.82) is 0 Å². The van der Waals surface area contributed by atoms with Crippen LogP contribution in [-0.4, -0.2) is 30.4 Å². The molecule has 0 saturated carbocycles. The molecule has 0 aliphatic heterocycles. The third-order valence-electron chi connectivity index (χ3n) is 3.11. The number of aromatic nitrogens is 1. The van der Waals surface area contributed by atoms with Gasteiger partial charge in [-0.05, 0) is 26.8 Å². The number of hydrogen-bond acceptors (Lipinski definition) is 3. The average molecular weight is 299 g/mol. The SMILES string of the molecule is C=C(C)CN(CC)S(=O)(=O)c1cc(CN)n(C(C)C)c1. The minimum atomic E-state index is -3.50. The highest BCUT2D eigenvalue weighted by molar-refractivity contribution is 7.89. The Morgan fingerprint density at radius 2 is 2.10 bits per heavy atom. The zero-order valence-corrected chi connectivity index (χ0v) is 13.6. The molecule has 0 aliphatic carbocycles. The molecule has 1 aromatic heterocycles. The smallest absolute Gasteiger partial charge is 0.244 e. The number of nitrogens with two attached hydrogens (primary N) is 1. The summed E-state index contributed by atoms with van der Waals surface area (Å²) in [5.41, 5.74) is 7.33. The topological polar surface area (TPSA) is 68.3 Å². The van der Waals surface area contributed by atoms with Crippen molar-refractivity contribution in [3.8, 4) is 0 Å². The van der Waals surface area contributed by atoms with Crippen LogP contribution >= 0.6 is 0 Å². The molecule has 0 atom stereocenters. The highest BCUT2D eigenvalue weighted by Crippen LogP contribution is 2.22. The second-order valence-electron chi connectivity index (χ2n) is 5.26. The molecule has 114 valence electrons. The van der Waals surface area contributed by atoms with Crippen LogP contribution in [0.4, 0.5) is 0 Å². The van der Waals surface area contributed by atoms with Crippen LogP contribution in [0.2, 0.25) is 0 Å². The van der Waals surface area contributed by atoms with Gasteiger partial charge >= 0.3 is 0 Å². The maximum atomic E-state index is 12.6. The molecule has 0 aliphatic rings. The van der Waals surface area contributed by atoms with Gasteiger partial charge in [0, 0.05) is 37.6 Å². The second kappa shape index (κ2) is 6.56. The molecule has 0 bridgehead atoms. The van der Waals surface area contributed by atoms with Crippen LogP contribution in [0.1, 0.15) is 39.4 Å². The van der Waals surface area contributed by atoms with E-state index in [1.54, 1.807) is 12.3 Å². The van der Waals surface area contributed by atoms with Crippen LogP contribution in [0.25, 0.3) is 0 Å². The van der Waals surface area contributed by atoms with E-state index in [0.29, 0.717) is 24.5 Å². The molecule has 0 unspecified atom stereocenters. The normalized spacial score (nSPS) is 12.3. The van der Waals surface area contributed by atoms with E-state index in [1.165, 1.54) is 4.31 Å². The molecule has 0 amide bonds. The molecular weight excluding hydrogens is 274 g/mol. The van der Waals surface area contributed by atoms with Crippen molar-refractivity contribution in [2.75, 3.05) is 13.1 Å². The highest BCUT2D eigenvalue weighted by atomic mass is 32.2. The summed E-state index contributed by atoms with van der Waals surface area (Å²) in [7, 11) is -3.50. The zero-order valence-electron chi connectivity index (χ0n) is 12.8. The Morgan fingerprint density at radius 3 is 2.45 bits per heavy atom. The van der Waals surface area contributed by atoms with E-state index in [1.807, 2.05) is 32.3 Å². The van der Waals surface area contributed by atoms with Crippen molar-refractivity contribution in [3.63, 3.8) is 0 Å². The third kappa shape index (κ3) is 3.50. The van der Waals surface area contributed by atoms with Gasteiger partial charge in [0.15, 0.2) is 0 Å². The maximum Gasteiger partial charge on any atom is 0.244 e. The van der Waals surface area contributed by atoms with Crippen molar-refractivity contribution in [3.05, 3.63) is 30.1 Å². The molecule has 0 radical (unpaired) electrons. The van der Waals surface area contributed by atoms with E-state index in [-0.39, 0.29) is 6.04 Å². The maximum absolute atomic E-state index is 12.6. The molecule has 1 aromatic rings. The van der Waals surface area contributed by atoms with Gasteiger partial charge in [-0.3, -0.25) is 0 Å². The lowest BCUT2D eigenvalue weighted by atomic mass is 10.3. The second-order valence-corrected chi connectivity index (χ2v) is 7.20.